The molecule has 0 aliphatic heterocycles. The Balaban J connectivity index is 2.03. The molecule has 0 bridgehead atoms. The SMILES string of the molecule is O=C(O)Cc1cc(C2CC2)n(-c2cccc(Cl)c2)n1. The van der Waals surface area contributed by atoms with Gasteiger partial charge in [-0.2, -0.15) is 5.10 Å². The van der Waals surface area contributed by atoms with Crippen LogP contribution >= 0.6 is 11.6 Å². The molecule has 4 nitrogen and oxygen atoms in total. The van der Waals surface area contributed by atoms with Crippen molar-refractivity contribution < 1.29 is 9.90 Å². The number of aromatic nitrogens is 2. The van der Waals surface area contributed by atoms with Gasteiger partial charge in [0.15, 0.2) is 0 Å². The maximum Gasteiger partial charge on any atom is 0.309 e. The number of nitrogens with zero attached hydrogens (tertiary/aromatic N) is 2. The summed E-state index contributed by atoms with van der Waals surface area (Å²) < 4.78 is 1.82. The molecule has 0 spiro atoms. The van der Waals surface area contributed by atoms with E-state index in [2.05, 4.69) is 5.10 Å². The zero-order valence-corrected chi connectivity index (χ0v) is 11.0. The first-order valence-corrected chi connectivity index (χ1v) is 6.58. The Kier molecular flexibility index (Phi) is 3.03. The molecular formula is C14H13ClN2O2. The van der Waals surface area contributed by atoms with Crippen molar-refractivity contribution in [3.63, 3.8) is 0 Å². The van der Waals surface area contributed by atoms with E-state index in [4.69, 9.17) is 16.7 Å². The predicted octanol–water partition coefficient (Wildman–Crippen LogP) is 3.03. The zero-order chi connectivity index (χ0) is 13.4. The Morgan fingerprint density at radius 2 is 2.21 bits per heavy atom. The topological polar surface area (TPSA) is 55.1 Å². The average molecular weight is 277 g/mol. The summed E-state index contributed by atoms with van der Waals surface area (Å²) in [4.78, 5) is 10.8. The van der Waals surface area contributed by atoms with Crippen molar-refractivity contribution in [1.29, 1.82) is 0 Å². The fourth-order valence-electron chi connectivity index (χ4n) is 2.17. The van der Waals surface area contributed by atoms with E-state index >= 15 is 0 Å². The summed E-state index contributed by atoms with van der Waals surface area (Å²) in [5.41, 5.74) is 2.55. The third-order valence-corrected chi connectivity index (χ3v) is 3.40. The molecule has 0 saturated heterocycles. The Bertz CT molecular complexity index is 632. The molecule has 1 aromatic heterocycles. The number of aliphatic carboxylic acids is 1. The van der Waals surface area contributed by atoms with Gasteiger partial charge in [-0.3, -0.25) is 4.79 Å². The quantitative estimate of drug-likeness (QED) is 0.934. The normalized spacial score (nSPS) is 14.6. The number of rotatable bonds is 4. The van der Waals surface area contributed by atoms with Crippen LogP contribution in [0.5, 0.6) is 0 Å². The highest BCUT2D eigenvalue weighted by atomic mass is 35.5. The molecule has 0 amide bonds. The second-order valence-corrected chi connectivity index (χ2v) is 5.23. The van der Waals surface area contributed by atoms with Gasteiger partial charge in [0, 0.05) is 16.6 Å². The highest BCUT2D eigenvalue weighted by molar-refractivity contribution is 6.30. The number of carboxylic acids is 1. The van der Waals surface area contributed by atoms with Crippen molar-refractivity contribution in [2.45, 2.75) is 25.2 Å². The Labute approximate surface area is 115 Å². The van der Waals surface area contributed by atoms with Crippen LogP contribution in [0.1, 0.15) is 30.1 Å². The number of benzene rings is 1. The van der Waals surface area contributed by atoms with E-state index in [1.165, 1.54) is 0 Å². The molecule has 0 unspecified atom stereocenters. The monoisotopic (exact) mass is 276 g/mol. The van der Waals surface area contributed by atoms with Crippen LogP contribution in [0.25, 0.3) is 5.69 Å². The summed E-state index contributed by atoms with van der Waals surface area (Å²) in [6.07, 6.45) is 2.23. The molecule has 5 heteroatoms. The van der Waals surface area contributed by atoms with Gasteiger partial charge >= 0.3 is 5.97 Å². The van der Waals surface area contributed by atoms with Gasteiger partial charge in [0.1, 0.15) is 0 Å². The molecule has 98 valence electrons. The van der Waals surface area contributed by atoms with E-state index in [9.17, 15) is 4.79 Å². The van der Waals surface area contributed by atoms with Crippen molar-refractivity contribution >= 4 is 17.6 Å². The zero-order valence-electron chi connectivity index (χ0n) is 10.2. The van der Waals surface area contributed by atoms with Crippen LogP contribution in [0.15, 0.2) is 30.3 Å². The molecule has 3 rings (SSSR count). The van der Waals surface area contributed by atoms with E-state index in [0.717, 1.165) is 24.2 Å². The highest BCUT2D eigenvalue weighted by Crippen LogP contribution is 2.41. The maximum absolute atomic E-state index is 10.8. The van der Waals surface area contributed by atoms with Gasteiger partial charge < -0.3 is 5.11 Å². The van der Waals surface area contributed by atoms with E-state index in [1.807, 2.05) is 35.0 Å². The van der Waals surface area contributed by atoms with Gasteiger partial charge in [-0.15, -0.1) is 0 Å². The summed E-state index contributed by atoms with van der Waals surface area (Å²) in [5, 5.41) is 13.9. The van der Waals surface area contributed by atoms with Gasteiger partial charge in [0.05, 0.1) is 17.8 Å². The van der Waals surface area contributed by atoms with E-state index in [0.29, 0.717) is 16.6 Å². The maximum atomic E-state index is 10.8. The summed E-state index contributed by atoms with van der Waals surface area (Å²) in [6, 6.07) is 9.34. The number of hydrogen-bond donors (Lipinski definition) is 1. The first-order chi connectivity index (χ1) is 9.13. The lowest BCUT2D eigenvalue weighted by Crippen LogP contribution is -2.03. The second kappa shape index (κ2) is 4.70. The molecule has 1 aliphatic carbocycles. The lowest BCUT2D eigenvalue weighted by atomic mass is 10.2. The third kappa shape index (κ3) is 2.63. The highest BCUT2D eigenvalue weighted by Gasteiger charge is 2.28. The fourth-order valence-corrected chi connectivity index (χ4v) is 2.36. The van der Waals surface area contributed by atoms with Gasteiger partial charge in [0.25, 0.3) is 0 Å². The van der Waals surface area contributed by atoms with Crippen molar-refractivity contribution in [2.75, 3.05) is 0 Å². The molecule has 1 heterocycles. The van der Waals surface area contributed by atoms with Gasteiger partial charge in [0.2, 0.25) is 0 Å². The Morgan fingerprint density at radius 1 is 1.42 bits per heavy atom. The molecule has 0 atom stereocenters. The van der Waals surface area contributed by atoms with Gasteiger partial charge in [-0.25, -0.2) is 4.68 Å². The minimum atomic E-state index is -0.863. The van der Waals surface area contributed by atoms with E-state index in [-0.39, 0.29) is 6.42 Å². The summed E-state index contributed by atoms with van der Waals surface area (Å²) >= 11 is 6.00. The average Bonchev–Trinajstić information content (AvgIpc) is 3.11. The van der Waals surface area contributed by atoms with Crippen LogP contribution in [0.4, 0.5) is 0 Å². The van der Waals surface area contributed by atoms with Crippen LogP contribution < -0.4 is 0 Å². The number of halogens is 1. The van der Waals surface area contributed by atoms with Crippen molar-refractivity contribution in [2.24, 2.45) is 0 Å². The Morgan fingerprint density at radius 3 is 2.84 bits per heavy atom. The standard InChI is InChI=1S/C14H13ClN2O2/c15-10-2-1-3-12(6-10)17-13(9-4-5-9)7-11(16-17)8-14(18)19/h1-3,6-7,9H,4-5,8H2,(H,18,19). The lowest BCUT2D eigenvalue weighted by molar-refractivity contribution is -0.136. The molecule has 1 fully saturated rings. The summed E-state index contributed by atoms with van der Waals surface area (Å²) in [6.45, 7) is 0. The minimum absolute atomic E-state index is 0.0483. The molecule has 1 N–H and O–H groups in total. The first kappa shape index (κ1) is 12.2. The van der Waals surface area contributed by atoms with Crippen LogP contribution in [0, 0.1) is 0 Å². The van der Waals surface area contributed by atoms with E-state index < -0.39 is 5.97 Å². The Hall–Kier alpha value is -1.81. The smallest absolute Gasteiger partial charge is 0.309 e. The van der Waals surface area contributed by atoms with Crippen molar-refractivity contribution in [3.8, 4) is 5.69 Å². The fraction of sp³-hybridized carbons (Fsp3) is 0.286. The van der Waals surface area contributed by atoms with Crippen LogP contribution in [0.3, 0.4) is 0 Å². The number of carboxylic acid groups (broad SMARTS) is 1. The summed E-state index contributed by atoms with van der Waals surface area (Å²) in [5.74, 6) is -0.368. The molecule has 0 radical (unpaired) electrons. The molecular weight excluding hydrogens is 264 g/mol. The largest absolute Gasteiger partial charge is 0.481 e. The lowest BCUT2D eigenvalue weighted by Gasteiger charge is -2.06. The van der Waals surface area contributed by atoms with Crippen LogP contribution in [-0.2, 0) is 11.2 Å². The van der Waals surface area contributed by atoms with Gasteiger partial charge in [-0.1, -0.05) is 17.7 Å². The second-order valence-electron chi connectivity index (χ2n) is 4.80. The molecule has 1 saturated carbocycles. The van der Waals surface area contributed by atoms with Crippen LogP contribution in [0.2, 0.25) is 5.02 Å². The molecule has 1 aliphatic rings. The van der Waals surface area contributed by atoms with E-state index in [1.54, 1.807) is 0 Å². The number of carbonyl (C=O) groups is 1. The van der Waals surface area contributed by atoms with Crippen LogP contribution in [-0.4, -0.2) is 20.9 Å². The molecule has 19 heavy (non-hydrogen) atoms. The van der Waals surface area contributed by atoms with Gasteiger partial charge in [-0.05, 0) is 37.1 Å². The minimum Gasteiger partial charge on any atom is -0.481 e. The predicted molar refractivity (Wildman–Crippen MR) is 71.9 cm³/mol. The molecule has 1 aromatic carbocycles. The third-order valence-electron chi connectivity index (χ3n) is 3.17. The number of hydrogen-bond acceptors (Lipinski definition) is 2. The first-order valence-electron chi connectivity index (χ1n) is 6.20. The van der Waals surface area contributed by atoms with Crippen molar-refractivity contribution in [1.82, 2.24) is 9.78 Å². The van der Waals surface area contributed by atoms with Crippen molar-refractivity contribution in [3.05, 3.63) is 46.7 Å². The summed E-state index contributed by atoms with van der Waals surface area (Å²) in [7, 11) is 0. The molecule has 2 aromatic rings.